The van der Waals surface area contributed by atoms with Gasteiger partial charge in [0.2, 0.25) is 0 Å². The summed E-state index contributed by atoms with van der Waals surface area (Å²) >= 11 is 0. The molecule has 9 nitrogen and oxygen atoms in total. The summed E-state index contributed by atoms with van der Waals surface area (Å²) in [6.45, 7) is 8.16. The predicted octanol–water partition coefficient (Wildman–Crippen LogP) is 3.10. The van der Waals surface area contributed by atoms with Gasteiger partial charge in [0.1, 0.15) is 24.1 Å². The summed E-state index contributed by atoms with van der Waals surface area (Å²) in [6.07, 6.45) is -3.23. The molecule has 0 aliphatic carbocycles. The van der Waals surface area contributed by atoms with Gasteiger partial charge in [0.25, 0.3) is 5.91 Å². The predicted molar refractivity (Wildman–Crippen MR) is 130 cm³/mol. The maximum atomic E-state index is 13.5. The molecular formula is C27H31N3O6. The van der Waals surface area contributed by atoms with Crippen LogP contribution in [-0.4, -0.2) is 57.7 Å². The number of ether oxygens (including phenoxy) is 5. The second-order valence-corrected chi connectivity index (χ2v) is 10.4. The van der Waals surface area contributed by atoms with Crippen LogP contribution in [0.4, 0.5) is 0 Å². The van der Waals surface area contributed by atoms with Crippen molar-refractivity contribution in [3.05, 3.63) is 66.0 Å². The number of nitrogens with one attached hydrogen (secondary N) is 1. The molecule has 5 atom stereocenters. The van der Waals surface area contributed by atoms with Crippen molar-refractivity contribution in [1.82, 2.24) is 14.9 Å². The van der Waals surface area contributed by atoms with Crippen molar-refractivity contribution < 1.29 is 28.5 Å². The molecule has 0 spiro atoms. The zero-order valence-electron chi connectivity index (χ0n) is 20.8. The molecule has 3 aromatic rings. The number of hydrogen-bond donors (Lipinski definition) is 1. The number of carbonyl (C=O) groups excluding carboxylic acids is 1. The maximum Gasteiger partial charge on any atom is 0.252 e. The highest BCUT2D eigenvalue weighted by molar-refractivity contribution is 5.82. The van der Waals surface area contributed by atoms with Crippen molar-refractivity contribution in [2.24, 2.45) is 0 Å². The molecular weight excluding hydrogens is 462 g/mol. The molecule has 2 aromatic carbocycles. The van der Waals surface area contributed by atoms with Gasteiger partial charge in [-0.05, 0) is 45.4 Å². The Morgan fingerprint density at radius 1 is 0.889 bits per heavy atom. The third-order valence-electron chi connectivity index (χ3n) is 6.75. The Morgan fingerprint density at radius 3 is 2.36 bits per heavy atom. The quantitative estimate of drug-likeness (QED) is 0.584. The average Bonchev–Trinajstić information content (AvgIpc) is 3.46. The Labute approximate surface area is 209 Å². The molecule has 36 heavy (non-hydrogen) atoms. The molecule has 190 valence electrons. The fourth-order valence-corrected chi connectivity index (χ4v) is 5.29. The lowest BCUT2D eigenvalue weighted by Crippen LogP contribution is -2.59. The van der Waals surface area contributed by atoms with Crippen molar-refractivity contribution in [2.45, 2.75) is 83.1 Å². The second-order valence-electron chi connectivity index (χ2n) is 10.4. The molecule has 9 heteroatoms. The topological polar surface area (TPSA) is 93.1 Å². The van der Waals surface area contributed by atoms with Crippen molar-refractivity contribution >= 4 is 16.9 Å². The van der Waals surface area contributed by atoms with Crippen molar-refractivity contribution in [3.63, 3.8) is 0 Å². The number of carbonyl (C=O) groups is 1. The first-order valence-electron chi connectivity index (χ1n) is 12.3. The number of fused-ring (bicyclic) bond motifs is 4. The van der Waals surface area contributed by atoms with Gasteiger partial charge in [0.05, 0.1) is 17.6 Å². The highest BCUT2D eigenvalue weighted by Gasteiger charge is 2.62. The fraction of sp³-hybridized carbons (Fsp3) is 0.481. The molecule has 0 unspecified atom stereocenters. The number of benzene rings is 2. The van der Waals surface area contributed by atoms with E-state index in [-0.39, 0.29) is 12.5 Å². The molecule has 6 rings (SSSR count). The Bertz CT molecular complexity index is 1270. The number of aromatic nitrogens is 2. The molecule has 3 saturated heterocycles. The highest BCUT2D eigenvalue weighted by Crippen LogP contribution is 2.44. The van der Waals surface area contributed by atoms with Crippen LogP contribution in [-0.2, 0) is 41.6 Å². The Balaban J connectivity index is 1.23. The summed E-state index contributed by atoms with van der Waals surface area (Å²) in [5.74, 6) is -1.27. The summed E-state index contributed by atoms with van der Waals surface area (Å²) in [4.78, 5) is 18.2. The average molecular weight is 494 g/mol. The van der Waals surface area contributed by atoms with Gasteiger partial charge >= 0.3 is 0 Å². The monoisotopic (exact) mass is 493 g/mol. The zero-order chi connectivity index (χ0) is 25.1. The summed E-state index contributed by atoms with van der Waals surface area (Å²) < 4.78 is 32.4. The van der Waals surface area contributed by atoms with Crippen LogP contribution < -0.4 is 5.32 Å². The Morgan fingerprint density at radius 2 is 1.56 bits per heavy atom. The lowest BCUT2D eigenvalue weighted by Gasteiger charge is -2.36. The van der Waals surface area contributed by atoms with Crippen LogP contribution in [0.1, 0.15) is 39.1 Å². The van der Waals surface area contributed by atoms with Gasteiger partial charge < -0.3 is 33.6 Å². The van der Waals surface area contributed by atoms with E-state index in [1.807, 2.05) is 70.2 Å². The number of rotatable bonds is 5. The summed E-state index contributed by atoms with van der Waals surface area (Å²) in [7, 11) is 0. The van der Waals surface area contributed by atoms with E-state index in [2.05, 4.69) is 22.0 Å². The van der Waals surface area contributed by atoms with Crippen LogP contribution in [0.2, 0.25) is 0 Å². The molecule has 3 fully saturated rings. The Hall–Kier alpha value is -2.82. The first kappa shape index (κ1) is 23.6. The molecule has 1 N–H and O–H groups in total. The second kappa shape index (κ2) is 8.64. The number of nitrogens with zero attached hydrogens (tertiary/aromatic N) is 2. The first-order chi connectivity index (χ1) is 17.2. The van der Waals surface area contributed by atoms with E-state index in [0.29, 0.717) is 6.54 Å². The van der Waals surface area contributed by atoms with Crippen LogP contribution in [0.25, 0.3) is 11.0 Å². The maximum absolute atomic E-state index is 13.5. The molecule has 0 saturated carbocycles. The van der Waals surface area contributed by atoms with E-state index in [1.165, 1.54) is 0 Å². The smallest absolute Gasteiger partial charge is 0.252 e. The van der Waals surface area contributed by atoms with Crippen molar-refractivity contribution in [3.8, 4) is 0 Å². The summed E-state index contributed by atoms with van der Waals surface area (Å²) in [5.41, 5.74) is 3.04. The molecule has 0 bridgehead atoms. The van der Waals surface area contributed by atoms with Crippen LogP contribution in [0.15, 0.2) is 54.6 Å². The van der Waals surface area contributed by atoms with E-state index < -0.39 is 42.3 Å². The minimum Gasteiger partial charge on any atom is -0.347 e. The molecule has 1 aromatic heterocycles. The molecule has 0 radical (unpaired) electrons. The fourth-order valence-electron chi connectivity index (χ4n) is 5.29. The largest absolute Gasteiger partial charge is 0.347 e. The van der Waals surface area contributed by atoms with Gasteiger partial charge in [-0.2, -0.15) is 0 Å². The summed E-state index contributed by atoms with van der Waals surface area (Å²) in [6, 6.07) is 18.1. The summed E-state index contributed by atoms with van der Waals surface area (Å²) in [5, 5.41) is 3.02. The number of imidazole rings is 1. The standard InChI is InChI=1S/C27H31N3O6/c1-26(2)33-20-21(34-26)23-25(36-27(3,4)35-23)32-22(20)24(31)28-14-19-29-17-12-8-9-13-18(17)30(19)15-16-10-6-5-7-11-16/h5-13,20-23,25H,14-15H2,1-4H3,(H,28,31)/t20-,21+,22+,23-,25+/m1/s1. The minimum absolute atomic E-state index is 0.235. The van der Waals surface area contributed by atoms with Gasteiger partial charge in [-0.15, -0.1) is 0 Å². The van der Waals surface area contributed by atoms with Gasteiger partial charge in [0.15, 0.2) is 24.0 Å². The van der Waals surface area contributed by atoms with Gasteiger partial charge in [-0.3, -0.25) is 4.79 Å². The van der Waals surface area contributed by atoms with Gasteiger partial charge in [0, 0.05) is 6.54 Å². The molecule has 3 aliphatic heterocycles. The van der Waals surface area contributed by atoms with E-state index >= 15 is 0 Å². The molecule has 1 amide bonds. The zero-order valence-corrected chi connectivity index (χ0v) is 20.8. The van der Waals surface area contributed by atoms with Crippen molar-refractivity contribution in [2.75, 3.05) is 0 Å². The first-order valence-corrected chi connectivity index (χ1v) is 12.3. The number of hydrogen-bond acceptors (Lipinski definition) is 7. The molecule has 3 aliphatic rings. The van der Waals surface area contributed by atoms with Crippen LogP contribution >= 0.6 is 0 Å². The van der Waals surface area contributed by atoms with Crippen LogP contribution in [0.3, 0.4) is 0 Å². The lowest BCUT2D eigenvalue weighted by atomic mass is 9.98. The molecule has 4 heterocycles. The SMILES string of the molecule is CC1(C)O[C@H]2[C@@H](O1)[C@@H](C(=O)NCc1nc3ccccc3n1Cc1ccccc1)O[C@H]1OC(C)(C)O[C@@H]12. The number of amides is 1. The normalized spacial score (nSPS) is 30.2. The highest BCUT2D eigenvalue weighted by atomic mass is 16.9. The lowest BCUT2D eigenvalue weighted by molar-refractivity contribution is -0.231. The van der Waals surface area contributed by atoms with Crippen molar-refractivity contribution in [1.29, 1.82) is 0 Å². The van der Waals surface area contributed by atoms with E-state index in [9.17, 15) is 4.79 Å². The van der Waals surface area contributed by atoms with Gasteiger partial charge in [-0.1, -0.05) is 42.5 Å². The third kappa shape index (κ3) is 4.31. The van der Waals surface area contributed by atoms with E-state index in [0.717, 1.165) is 22.4 Å². The van der Waals surface area contributed by atoms with E-state index in [4.69, 9.17) is 28.7 Å². The Kier molecular flexibility index (Phi) is 5.66. The minimum atomic E-state index is -0.914. The van der Waals surface area contributed by atoms with Crippen LogP contribution in [0, 0.1) is 0 Å². The number of para-hydroxylation sites is 2. The van der Waals surface area contributed by atoms with Gasteiger partial charge in [-0.25, -0.2) is 4.98 Å². The van der Waals surface area contributed by atoms with Crippen LogP contribution in [0.5, 0.6) is 0 Å². The third-order valence-corrected chi connectivity index (χ3v) is 6.75. The van der Waals surface area contributed by atoms with E-state index in [1.54, 1.807) is 0 Å².